The maximum absolute atomic E-state index is 15.5. The minimum Gasteiger partial charge on any atom is -0.458 e. The van der Waals surface area contributed by atoms with E-state index in [1.807, 2.05) is 48.5 Å². The van der Waals surface area contributed by atoms with E-state index in [0.717, 1.165) is 22.3 Å². The Morgan fingerprint density at radius 3 is 2.10 bits per heavy atom. The number of carbonyl (C=O) groups is 10. The van der Waals surface area contributed by atoms with E-state index in [2.05, 4.69) is 47.9 Å². The molecule has 532 valence electrons. The number of ether oxygens (including phenoxy) is 4. The number of nitrogens with one attached hydrogen (secondary N) is 9. The van der Waals surface area contributed by atoms with Crippen molar-refractivity contribution in [1.29, 1.82) is 0 Å². The normalized spacial score (nSPS) is 19.5. The zero-order chi connectivity index (χ0) is 71.8. The van der Waals surface area contributed by atoms with Crippen molar-refractivity contribution >= 4 is 70.2 Å². The number of benzene rings is 4. The number of halogens is 1. The van der Waals surface area contributed by atoms with Gasteiger partial charge in [0.1, 0.15) is 62.8 Å². The number of aryl methyl sites for hydroxylation is 1. The Morgan fingerprint density at radius 1 is 0.743 bits per heavy atom. The molecular formula is C70H76FN11O19. The number of rotatable bonds is 28. The second-order valence-corrected chi connectivity index (χ2v) is 25.1. The van der Waals surface area contributed by atoms with Crippen LogP contribution in [-0.4, -0.2) is 179 Å². The number of amides is 9. The Labute approximate surface area is 575 Å². The van der Waals surface area contributed by atoms with E-state index in [-0.39, 0.29) is 74.5 Å². The minimum absolute atomic E-state index is 0.0108. The molecule has 2 aromatic heterocycles. The first-order chi connectivity index (χ1) is 48.5. The number of aliphatic hydroxyl groups is 4. The van der Waals surface area contributed by atoms with Gasteiger partial charge in [0.15, 0.2) is 11.8 Å². The van der Waals surface area contributed by atoms with Gasteiger partial charge in [0, 0.05) is 54.3 Å². The van der Waals surface area contributed by atoms with Gasteiger partial charge in [-0.1, -0.05) is 85.8 Å². The average molecular weight is 1390 g/mol. The molecule has 1 unspecified atom stereocenters. The molecule has 101 heavy (non-hydrogen) atoms. The first-order valence-corrected chi connectivity index (χ1v) is 33.0. The van der Waals surface area contributed by atoms with Crippen LogP contribution in [0.2, 0.25) is 0 Å². The highest BCUT2D eigenvalue weighted by atomic mass is 19.1. The van der Waals surface area contributed by atoms with Crippen LogP contribution in [0.4, 0.5) is 9.18 Å². The largest absolute Gasteiger partial charge is 0.458 e. The number of alkyl carbamates (subject to hydrolysis) is 1. The van der Waals surface area contributed by atoms with Gasteiger partial charge in [-0.05, 0) is 83.2 Å². The monoisotopic (exact) mass is 1390 g/mol. The van der Waals surface area contributed by atoms with Gasteiger partial charge in [0.05, 0.1) is 61.3 Å². The van der Waals surface area contributed by atoms with Crippen molar-refractivity contribution in [3.63, 3.8) is 0 Å². The maximum atomic E-state index is 15.5. The summed E-state index contributed by atoms with van der Waals surface area (Å²) in [5, 5.41) is 64.4. The van der Waals surface area contributed by atoms with Crippen molar-refractivity contribution in [2.45, 2.75) is 126 Å². The van der Waals surface area contributed by atoms with E-state index in [9.17, 15) is 73.2 Å². The van der Waals surface area contributed by atoms with Gasteiger partial charge < -0.3 is 91.8 Å². The zero-order valence-electron chi connectivity index (χ0n) is 55.0. The number of fused-ring (bicyclic) bond motifs is 8. The first-order valence-electron chi connectivity index (χ1n) is 33.0. The number of hydrogen-bond donors (Lipinski definition) is 13. The number of aromatic nitrogens is 2. The Kier molecular flexibility index (Phi) is 22.2. The molecule has 31 heteroatoms. The first kappa shape index (κ1) is 71.7. The van der Waals surface area contributed by atoms with Gasteiger partial charge in [-0.2, -0.15) is 0 Å². The summed E-state index contributed by atoms with van der Waals surface area (Å²) < 4.78 is 38.5. The van der Waals surface area contributed by atoms with Crippen molar-refractivity contribution in [2.75, 3.05) is 52.7 Å². The molecule has 4 aromatic carbocycles. The summed E-state index contributed by atoms with van der Waals surface area (Å²) in [7, 11) is 0. The molecule has 8 atom stereocenters. The number of esters is 1. The van der Waals surface area contributed by atoms with Crippen LogP contribution in [0.1, 0.15) is 101 Å². The van der Waals surface area contributed by atoms with Crippen LogP contribution in [-0.2, 0) is 93.7 Å². The summed E-state index contributed by atoms with van der Waals surface area (Å²) in [6.45, 7) is -1.05. The van der Waals surface area contributed by atoms with Gasteiger partial charge in [0.25, 0.3) is 5.56 Å². The molecule has 9 amide bonds. The van der Waals surface area contributed by atoms with Gasteiger partial charge in [-0.15, -0.1) is 0 Å². The van der Waals surface area contributed by atoms with E-state index < -0.39 is 165 Å². The summed E-state index contributed by atoms with van der Waals surface area (Å²) >= 11 is 0. The van der Waals surface area contributed by atoms with Crippen LogP contribution in [0.15, 0.2) is 95.8 Å². The lowest BCUT2D eigenvalue weighted by Crippen LogP contribution is -2.53. The van der Waals surface area contributed by atoms with Crippen molar-refractivity contribution < 1.29 is 91.7 Å². The summed E-state index contributed by atoms with van der Waals surface area (Å²) in [5.74, 6) is -7.97. The van der Waals surface area contributed by atoms with Gasteiger partial charge in [-0.25, -0.2) is 19.0 Å². The molecule has 1 fully saturated rings. The highest BCUT2D eigenvalue weighted by molar-refractivity contribution is 5.96. The van der Waals surface area contributed by atoms with E-state index in [1.165, 1.54) is 10.6 Å². The molecule has 11 rings (SSSR count). The number of pyridine rings is 2. The molecule has 13 N–H and O–H groups in total. The second-order valence-electron chi connectivity index (χ2n) is 25.1. The van der Waals surface area contributed by atoms with Crippen molar-refractivity contribution in [1.82, 2.24) is 57.4 Å². The van der Waals surface area contributed by atoms with Gasteiger partial charge in [-0.3, -0.25) is 43.2 Å². The fourth-order valence-electron chi connectivity index (χ4n) is 13.4. The number of hydrogen-bond acceptors (Lipinski definition) is 20. The molecule has 5 aliphatic rings. The molecule has 0 saturated carbocycles. The number of nitrogens with zero attached hydrogens (tertiary/aromatic N) is 2. The quantitative estimate of drug-likeness (QED) is 0.0168. The van der Waals surface area contributed by atoms with Crippen LogP contribution < -0.4 is 53.4 Å². The standard InChI is InChI=1S/C70H76FN11O19/c1-3-70(97)45-24-51-61-42(29-82(51)67(94)44(45)32-99-68(70)95)60-47(18-17-37-35(2)46(71)25-49(80-61)59(37)60)77-58(89)33-98-34-76-56(87)27-75-65(93)50(23-36-11-5-4-6-12-36)79-57(88)28-73-55(86)26-74-64(92)48(19-20-53(84)81-66-63(91)62(90)52(30-83)101-66)78-54(85)21-22-72-69(96)100-31-43-40-15-9-7-13-38(40)39-14-8-10-16-41(39)43/h4-16,24-25,43,47-48,50,52,62-63,66,83,90-91,97H,3,17-23,26-34H2,1-2H3,(H,72,96)(H,73,86)(H,74,92)(H,75,93)(H,76,87)(H,77,89)(H,78,85)(H,79,88)(H,81,84)/t47-,48-,50-,52+,62+,63+,66?,70-/m0/s1. The highest BCUT2D eigenvalue weighted by Gasteiger charge is 2.47. The minimum atomic E-state index is -2.08. The van der Waals surface area contributed by atoms with Crippen LogP contribution in [0.5, 0.6) is 0 Å². The lowest BCUT2D eigenvalue weighted by molar-refractivity contribution is -0.172. The van der Waals surface area contributed by atoms with Crippen LogP contribution in [0.25, 0.3) is 33.4 Å². The molecule has 6 aromatic rings. The molecule has 5 heterocycles. The van der Waals surface area contributed by atoms with Crippen molar-refractivity contribution in [3.8, 4) is 22.5 Å². The van der Waals surface area contributed by atoms with Gasteiger partial charge in [0.2, 0.25) is 47.3 Å². The Hall–Kier alpha value is -10.6. The predicted molar refractivity (Wildman–Crippen MR) is 353 cm³/mol. The van der Waals surface area contributed by atoms with Crippen LogP contribution in [0.3, 0.4) is 0 Å². The summed E-state index contributed by atoms with van der Waals surface area (Å²) in [4.78, 5) is 151. The smallest absolute Gasteiger partial charge is 0.407 e. The van der Waals surface area contributed by atoms with E-state index in [1.54, 1.807) is 50.2 Å². The van der Waals surface area contributed by atoms with E-state index in [0.29, 0.717) is 57.4 Å². The van der Waals surface area contributed by atoms with Gasteiger partial charge >= 0.3 is 12.1 Å². The lowest BCUT2D eigenvalue weighted by Gasteiger charge is -2.31. The van der Waals surface area contributed by atoms with E-state index in [4.69, 9.17) is 23.9 Å². The number of cyclic esters (lactones) is 1. The fraction of sp³-hybridized carbons (Fsp3) is 0.400. The molecule has 30 nitrogen and oxygen atoms in total. The topological polar surface area (TPSA) is 432 Å². The third-order valence-electron chi connectivity index (χ3n) is 18.7. The molecule has 3 aliphatic heterocycles. The number of carbonyl (C=O) groups excluding carboxylic acids is 10. The molecule has 1 saturated heterocycles. The van der Waals surface area contributed by atoms with Crippen LogP contribution in [0, 0.1) is 12.7 Å². The van der Waals surface area contributed by atoms with Crippen LogP contribution >= 0.6 is 0 Å². The molecule has 0 bridgehead atoms. The third-order valence-corrected chi connectivity index (χ3v) is 18.7. The SMILES string of the molecule is CC[C@@]1(O)C(=O)OCc2c1cc1n(c2=O)Cc2c-1nc1cc(F)c(C)c3c1c2[C@@H](NC(=O)COCNC(=O)CNC(=O)[C@H](Cc1ccccc1)NC(=O)CNC(=O)CNC(=O)[C@H](CCC(=O)NC1O[C@H](CO)[C@@H](O)[C@H]1O)NC(=O)CCNC(=O)OCC1c2ccccc2-c2ccccc21)CC3. The van der Waals surface area contributed by atoms with Crippen molar-refractivity contribution in [3.05, 3.63) is 157 Å². The lowest BCUT2D eigenvalue weighted by atomic mass is 9.81. The Morgan fingerprint density at radius 2 is 1.41 bits per heavy atom. The second kappa shape index (κ2) is 31.3. The van der Waals surface area contributed by atoms with Crippen molar-refractivity contribution in [2.24, 2.45) is 0 Å². The number of aliphatic hydroxyl groups excluding tert-OH is 3. The highest BCUT2D eigenvalue weighted by Crippen LogP contribution is 2.47. The summed E-state index contributed by atoms with van der Waals surface area (Å²) in [6, 6.07) is 23.5. The zero-order valence-corrected chi connectivity index (χ0v) is 55.0. The molecule has 0 spiro atoms. The third kappa shape index (κ3) is 15.7. The fourth-order valence-corrected chi connectivity index (χ4v) is 13.4. The summed E-state index contributed by atoms with van der Waals surface area (Å²) in [6.07, 6.45) is -7.19. The maximum Gasteiger partial charge on any atom is 0.407 e. The average Bonchev–Trinajstić information content (AvgIpc) is 1.56. The van der Waals surface area contributed by atoms with E-state index >= 15 is 4.39 Å². The predicted octanol–water partition coefficient (Wildman–Crippen LogP) is -0.454. The molecule has 2 aliphatic carbocycles. The summed E-state index contributed by atoms with van der Waals surface area (Å²) in [5.41, 5.74) is 5.52. The molecule has 0 radical (unpaired) electrons. The molecular weight excluding hydrogens is 1320 g/mol. The Balaban J connectivity index is 0.641. The Bertz CT molecular complexity index is 4280.